The lowest BCUT2D eigenvalue weighted by Crippen LogP contribution is -2.36. The van der Waals surface area contributed by atoms with E-state index >= 15 is 0 Å². The Morgan fingerprint density at radius 3 is 2.81 bits per heavy atom. The van der Waals surface area contributed by atoms with Crippen molar-refractivity contribution in [1.82, 2.24) is 4.98 Å². The standard InChI is InChI=1S/C17H27N3O/c1-12-4-3-5-14(10-12)20(2)16-9-8-15(18)17(19-16)21-11-13-6-7-13/h8-9,12-14H,3-7,10-11,18H2,1-2H3. The fourth-order valence-electron chi connectivity index (χ4n) is 3.18. The van der Waals surface area contributed by atoms with Crippen LogP contribution in [0, 0.1) is 11.8 Å². The predicted octanol–water partition coefficient (Wildman–Crippen LogP) is 3.47. The highest BCUT2D eigenvalue weighted by molar-refractivity contribution is 5.54. The Hall–Kier alpha value is -1.45. The molecule has 2 fully saturated rings. The average molecular weight is 289 g/mol. The lowest BCUT2D eigenvalue weighted by Gasteiger charge is -2.35. The number of hydrogen-bond acceptors (Lipinski definition) is 4. The summed E-state index contributed by atoms with van der Waals surface area (Å²) in [5.41, 5.74) is 6.63. The van der Waals surface area contributed by atoms with Crippen molar-refractivity contribution in [1.29, 1.82) is 0 Å². The molecule has 0 radical (unpaired) electrons. The third kappa shape index (κ3) is 3.60. The molecule has 0 saturated heterocycles. The summed E-state index contributed by atoms with van der Waals surface area (Å²) in [4.78, 5) is 6.96. The van der Waals surface area contributed by atoms with E-state index in [4.69, 9.17) is 10.5 Å². The number of anilines is 2. The van der Waals surface area contributed by atoms with Crippen molar-refractivity contribution in [3.63, 3.8) is 0 Å². The second-order valence-electron chi connectivity index (χ2n) is 6.85. The van der Waals surface area contributed by atoms with Crippen LogP contribution in [0.3, 0.4) is 0 Å². The maximum Gasteiger partial charge on any atom is 0.239 e. The van der Waals surface area contributed by atoms with Gasteiger partial charge < -0.3 is 15.4 Å². The van der Waals surface area contributed by atoms with Gasteiger partial charge in [0.25, 0.3) is 0 Å². The molecular weight excluding hydrogens is 262 g/mol. The Morgan fingerprint density at radius 1 is 1.29 bits per heavy atom. The first-order chi connectivity index (χ1) is 10.1. The van der Waals surface area contributed by atoms with Gasteiger partial charge in [-0.3, -0.25) is 0 Å². The molecule has 0 bridgehead atoms. The molecule has 3 rings (SSSR count). The van der Waals surface area contributed by atoms with E-state index in [0.29, 0.717) is 23.5 Å². The van der Waals surface area contributed by atoms with Gasteiger partial charge in [-0.25, -0.2) is 0 Å². The minimum atomic E-state index is 0.584. The van der Waals surface area contributed by atoms with E-state index < -0.39 is 0 Å². The molecule has 2 atom stereocenters. The summed E-state index contributed by atoms with van der Waals surface area (Å²) in [6, 6.07) is 4.52. The zero-order chi connectivity index (χ0) is 14.8. The summed E-state index contributed by atoms with van der Waals surface area (Å²) in [6.07, 6.45) is 7.73. The van der Waals surface area contributed by atoms with E-state index in [-0.39, 0.29) is 0 Å². The van der Waals surface area contributed by atoms with Crippen LogP contribution in [-0.4, -0.2) is 24.7 Å². The summed E-state index contributed by atoms with van der Waals surface area (Å²) in [7, 11) is 2.14. The number of nitrogens with zero attached hydrogens (tertiary/aromatic N) is 2. The number of nitrogens with two attached hydrogens (primary N) is 1. The van der Waals surface area contributed by atoms with E-state index in [1.165, 1.54) is 38.5 Å². The molecule has 2 aliphatic carbocycles. The minimum absolute atomic E-state index is 0.584. The van der Waals surface area contributed by atoms with E-state index in [0.717, 1.165) is 18.3 Å². The summed E-state index contributed by atoms with van der Waals surface area (Å²) in [5, 5.41) is 0. The largest absolute Gasteiger partial charge is 0.476 e. The zero-order valence-corrected chi connectivity index (χ0v) is 13.2. The molecule has 1 aromatic heterocycles. The minimum Gasteiger partial charge on any atom is -0.476 e. The quantitative estimate of drug-likeness (QED) is 0.902. The molecular formula is C17H27N3O. The fraction of sp³-hybridized carbons (Fsp3) is 0.706. The lowest BCUT2D eigenvalue weighted by atomic mass is 9.86. The Bertz CT molecular complexity index is 487. The highest BCUT2D eigenvalue weighted by Crippen LogP contribution is 2.33. The van der Waals surface area contributed by atoms with Crippen molar-refractivity contribution in [2.75, 3.05) is 24.3 Å². The van der Waals surface area contributed by atoms with Gasteiger partial charge >= 0.3 is 0 Å². The molecule has 4 heteroatoms. The first-order valence-electron chi connectivity index (χ1n) is 8.25. The van der Waals surface area contributed by atoms with Gasteiger partial charge in [0, 0.05) is 13.1 Å². The van der Waals surface area contributed by atoms with Crippen LogP contribution >= 0.6 is 0 Å². The van der Waals surface area contributed by atoms with Crippen LogP contribution in [0.4, 0.5) is 11.5 Å². The Kier molecular flexibility index (Phi) is 4.22. The second-order valence-corrected chi connectivity index (χ2v) is 6.85. The number of ether oxygens (including phenoxy) is 1. The van der Waals surface area contributed by atoms with Gasteiger partial charge in [-0.2, -0.15) is 4.98 Å². The number of aromatic nitrogens is 1. The smallest absolute Gasteiger partial charge is 0.239 e. The summed E-state index contributed by atoms with van der Waals surface area (Å²) < 4.78 is 5.80. The predicted molar refractivity (Wildman–Crippen MR) is 86.7 cm³/mol. The normalized spacial score (nSPS) is 25.6. The SMILES string of the molecule is CC1CCCC(N(C)c2ccc(N)c(OCC3CC3)n2)C1. The third-order valence-corrected chi connectivity index (χ3v) is 4.85. The van der Waals surface area contributed by atoms with Crippen LogP contribution in [0.15, 0.2) is 12.1 Å². The molecule has 2 saturated carbocycles. The molecule has 1 heterocycles. The van der Waals surface area contributed by atoms with E-state index in [2.05, 4.69) is 23.9 Å². The summed E-state index contributed by atoms with van der Waals surface area (Å²) >= 11 is 0. The summed E-state index contributed by atoms with van der Waals surface area (Å²) in [5.74, 6) is 3.11. The highest BCUT2D eigenvalue weighted by Gasteiger charge is 2.25. The van der Waals surface area contributed by atoms with Crippen LogP contribution in [0.5, 0.6) is 5.88 Å². The number of pyridine rings is 1. The molecule has 0 aromatic carbocycles. The van der Waals surface area contributed by atoms with Gasteiger partial charge in [-0.1, -0.05) is 19.8 Å². The highest BCUT2D eigenvalue weighted by atomic mass is 16.5. The zero-order valence-electron chi connectivity index (χ0n) is 13.2. The Balaban J connectivity index is 1.69. The van der Waals surface area contributed by atoms with Gasteiger partial charge in [-0.05, 0) is 49.7 Å². The van der Waals surface area contributed by atoms with Crippen molar-refractivity contribution < 1.29 is 4.74 Å². The lowest BCUT2D eigenvalue weighted by molar-refractivity contribution is 0.289. The van der Waals surface area contributed by atoms with Gasteiger partial charge in [0.2, 0.25) is 5.88 Å². The summed E-state index contributed by atoms with van der Waals surface area (Å²) in [6.45, 7) is 3.10. The molecule has 0 amide bonds. The van der Waals surface area contributed by atoms with Crippen LogP contribution < -0.4 is 15.4 Å². The molecule has 21 heavy (non-hydrogen) atoms. The van der Waals surface area contributed by atoms with Crippen LogP contribution in [0.2, 0.25) is 0 Å². The Labute approximate surface area is 127 Å². The monoisotopic (exact) mass is 289 g/mol. The molecule has 0 spiro atoms. The van der Waals surface area contributed by atoms with Crippen LogP contribution in [-0.2, 0) is 0 Å². The third-order valence-electron chi connectivity index (χ3n) is 4.85. The molecule has 116 valence electrons. The van der Waals surface area contributed by atoms with E-state index in [1.807, 2.05) is 12.1 Å². The molecule has 2 aliphatic rings. The van der Waals surface area contributed by atoms with Crippen LogP contribution in [0.25, 0.3) is 0 Å². The fourth-order valence-corrected chi connectivity index (χ4v) is 3.18. The van der Waals surface area contributed by atoms with Crippen molar-refractivity contribution in [2.45, 2.75) is 51.5 Å². The maximum absolute atomic E-state index is 5.99. The van der Waals surface area contributed by atoms with Crippen molar-refractivity contribution in [3.8, 4) is 5.88 Å². The van der Waals surface area contributed by atoms with Gasteiger partial charge in [0.15, 0.2) is 0 Å². The van der Waals surface area contributed by atoms with Crippen molar-refractivity contribution in [3.05, 3.63) is 12.1 Å². The van der Waals surface area contributed by atoms with Gasteiger partial charge in [-0.15, -0.1) is 0 Å². The first-order valence-corrected chi connectivity index (χ1v) is 8.25. The number of nitrogen functional groups attached to an aromatic ring is 1. The Morgan fingerprint density at radius 2 is 2.10 bits per heavy atom. The number of hydrogen-bond donors (Lipinski definition) is 1. The molecule has 2 unspecified atom stereocenters. The molecule has 4 nitrogen and oxygen atoms in total. The second kappa shape index (κ2) is 6.12. The maximum atomic E-state index is 5.99. The molecule has 0 aliphatic heterocycles. The molecule has 2 N–H and O–H groups in total. The average Bonchev–Trinajstić information content (AvgIpc) is 3.30. The van der Waals surface area contributed by atoms with Crippen LogP contribution in [0.1, 0.15) is 45.4 Å². The van der Waals surface area contributed by atoms with Gasteiger partial charge in [0.1, 0.15) is 5.82 Å². The first kappa shape index (κ1) is 14.5. The van der Waals surface area contributed by atoms with Crippen molar-refractivity contribution >= 4 is 11.5 Å². The van der Waals surface area contributed by atoms with Crippen molar-refractivity contribution in [2.24, 2.45) is 11.8 Å². The topological polar surface area (TPSA) is 51.4 Å². The van der Waals surface area contributed by atoms with Gasteiger partial charge in [0.05, 0.1) is 12.3 Å². The number of rotatable bonds is 5. The van der Waals surface area contributed by atoms with E-state index in [1.54, 1.807) is 0 Å². The van der Waals surface area contributed by atoms with E-state index in [9.17, 15) is 0 Å². The molecule has 1 aromatic rings.